The minimum Gasteiger partial charge on any atom is -0.316 e. The summed E-state index contributed by atoms with van der Waals surface area (Å²) >= 11 is 5.90. The Morgan fingerprint density at radius 3 is 2.11 bits per heavy atom. The molecule has 5 heteroatoms. The van der Waals surface area contributed by atoms with E-state index in [-0.39, 0.29) is 0 Å². The van der Waals surface area contributed by atoms with Crippen LogP contribution in [0.25, 0.3) is 11.0 Å². The van der Waals surface area contributed by atoms with Crippen molar-refractivity contribution in [3.05, 3.63) is 64.9 Å². The van der Waals surface area contributed by atoms with Crippen LogP contribution in [0.1, 0.15) is 5.56 Å². The van der Waals surface area contributed by atoms with E-state index in [2.05, 4.69) is 79.5 Å². The normalized spacial score (nSPS) is 15.7. The lowest BCUT2D eigenvalue weighted by molar-refractivity contribution is 0.117. The maximum absolute atomic E-state index is 5.90. The van der Waals surface area contributed by atoms with Crippen LogP contribution >= 0.6 is 12.2 Å². The first kappa shape index (κ1) is 18.9. The van der Waals surface area contributed by atoms with Gasteiger partial charge in [-0.3, -0.25) is 9.80 Å². The van der Waals surface area contributed by atoms with E-state index >= 15 is 0 Å². The van der Waals surface area contributed by atoms with Crippen LogP contribution in [-0.4, -0.2) is 51.7 Å². The molecule has 4 rings (SSSR count). The minimum absolute atomic E-state index is 0.742. The molecule has 1 fully saturated rings. The first-order valence-corrected chi connectivity index (χ1v) is 10.3. The van der Waals surface area contributed by atoms with Crippen molar-refractivity contribution in [1.82, 2.24) is 18.9 Å². The van der Waals surface area contributed by atoms with Crippen LogP contribution < -0.4 is 0 Å². The van der Waals surface area contributed by atoms with Crippen molar-refractivity contribution in [1.29, 1.82) is 0 Å². The fraction of sp³-hybridized carbons (Fsp3) is 0.348. The van der Waals surface area contributed by atoms with E-state index in [1.807, 2.05) is 0 Å². The second-order valence-corrected chi connectivity index (χ2v) is 7.69. The van der Waals surface area contributed by atoms with Crippen molar-refractivity contribution in [2.45, 2.75) is 19.6 Å². The molecule has 0 saturated carbocycles. The van der Waals surface area contributed by atoms with Crippen LogP contribution in [0.15, 0.2) is 54.6 Å². The summed E-state index contributed by atoms with van der Waals surface area (Å²) in [5.41, 5.74) is 3.77. The van der Waals surface area contributed by atoms with Gasteiger partial charge in [-0.25, -0.2) is 0 Å². The van der Waals surface area contributed by atoms with E-state index < -0.39 is 0 Å². The van der Waals surface area contributed by atoms with E-state index in [0.717, 1.165) is 57.1 Å². The Morgan fingerprint density at radius 2 is 1.43 bits per heavy atom. The van der Waals surface area contributed by atoms with Crippen LogP contribution in [0.5, 0.6) is 0 Å². The van der Waals surface area contributed by atoms with Gasteiger partial charge in [0, 0.05) is 32.7 Å². The smallest absolute Gasteiger partial charge is 0.181 e. The van der Waals surface area contributed by atoms with Crippen molar-refractivity contribution in [3.63, 3.8) is 0 Å². The highest BCUT2D eigenvalue weighted by molar-refractivity contribution is 7.71. The molecule has 0 N–H and O–H groups in total. The van der Waals surface area contributed by atoms with Crippen molar-refractivity contribution < 1.29 is 0 Å². The van der Waals surface area contributed by atoms with Crippen molar-refractivity contribution in [3.8, 4) is 12.3 Å². The number of piperazine rings is 1. The van der Waals surface area contributed by atoms with Gasteiger partial charge in [-0.1, -0.05) is 48.4 Å². The summed E-state index contributed by atoms with van der Waals surface area (Å²) in [7, 11) is 0. The maximum atomic E-state index is 5.90. The molecule has 0 unspecified atom stereocenters. The lowest BCUT2D eigenvalue weighted by Crippen LogP contribution is -2.46. The zero-order valence-corrected chi connectivity index (χ0v) is 16.9. The number of aryl methyl sites for hydroxylation is 2. The topological polar surface area (TPSA) is 16.3 Å². The zero-order valence-electron chi connectivity index (χ0n) is 16.1. The third-order valence-corrected chi connectivity index (χ3v) is 5.95. The van der Waals surface area contributed by atoms with Crippen molar-refractivity contribution in [2.24, 2.45) is 0 Å². The second kappa shape index (κ2) is 8.74. The summed E-state index contributed by atoms with van der Waals surface area (Å²) in [6.07, 6.45) is 6.43. The first-order chi connectivity index (χ1) is 13.8. The molecule has 1 aromatic heterocycles. The maximum Gasteiger partial charge on any atom is 0.181 e. The Hall–Kier alpha value is -2.39. The molecule has 0 radical (unpaired) electrons. The van der Waals surface area contributed by atoms with Gasteiger partial charge >= 0.3 is 0 Å². The molecule has 1 aliphatic rings. The second-order valence-electron chi connectivity index (χ2n) is 7.33. The molecular formula is C23H26N4S. The molecule has 1 aliphatic heterocycles. The highest BCUT2D eigenvalue weighted by atomic mass is 32.1. The van der Waals surface area contributed by atoms with Gasteiger partial charge in [0.05, 0.1) is 24.2 Å². The number of benzene rings is 2. The molecule has 3 aromatic rings. The zero-order chi connectivity index (χ0) is 19.3. The number of hydrogen-bond acceptors (Lipinski definition) is 3. The van der Waals surface area contributed by atoms with E-state index in [1.165, 1.54) is 16.6 Å². The summed E-state index contributed by atoms with van der Waals surface area (Å²) in [6.45, 7) is 6.55. The first-order valence-electron chi connectivity index (χ1n) is 9.86. The SMILES string of the molecule is C#CCN1CCN(Cn2c(=S)n(CCc3ccccc3)c3ccccc32)CC1. The Labute approximate surface area is 172 Å². The Morgan fingerprint density at radius 1 is 0.821 bits per heavy atom. The van der Waals surface area contributed by atoms with E-state index in [0.29, 0.717) is 0 Å². The molecule has 144 valence electrons. The van der Waals surface area contributed by atoms with Gasteiger partial charge in [0.1, 0.15) is 0 Å². The molecule has 4 nitrogen and oxygen atoms in total. The van der Waals surface area contributed by atoms with Crippen LogP contribution in [-0.2, 0) is 19.6 Å². The standard InChI is InChI=1S/C23H26N4S/c1-2-13-24-15-17-25(18-16-24)19-27-22-11-7-6-10-21(22)26(23(27)28)14-12-20-8-4-3-5-9-20/h1,3-11H,12-19H2. The van der Waals surface area contributed by atoms with Crippen LogP contribution in [0.4, 0.5) is 0 Å². The molecule has 0 bridgehead atoms. The summed E-state index contributed by atoms with van der Waals surface area (Å²) < 4.78 is 5.47. The number of rotatable bonds is 6. The summed E-state index contributed by atoms with van der Waals surface area (Å²) in [5.74, 6) is 2.75. The molecule has 2 heterocycles. The summed E-state index contributed by atoms with van der Waals surface area (Å²) in [6, 6.07) is 19.2. The lowest BCUT2D eigenvalue weighted by Gasteiger charge is -2.33. The van der Waals surface area contributed by atoms with Crippen molar-refractivity contribution in [2.75, 3.05) is 32.7 Å². The van der Waals surface area contributed by atoms with Gasteiger partial charge in [0.15, 0.2) is 4.77 Å². The molecule has 0 aliphatic carbocycles. The molecule has 2 aromatic carbocycles. The third kappa shape index (κ3) is 4.05. The molecule has 28 heavy (non-hydrogen) atoms. The van der Waals surface area contributed by atoms with Crippen LogP contribution in [0.3, 0.4) is 0 Å². The fourth-order valence-electron chi connectivity index (χ4n) is 3.93. The highest BCUT2D eigenvalue weighted by Gasteiger charge is 2.18. The number of hydrogen-bond donors (Lipinski definition) is 0. The number of fused-ring (bicyclic) bond motifs is 1. The molecule has 0 atom stereocenters. The van der Waals surface area contributed by atoms with Gasteiger partial charge in [-0.05, 0) is 36.3 Å². The molecule has 0 amide bonds. The van der Waals surface area contributed by atoms with Gasteiger partial charge in [-0.2, -0.15) is 0 Å². The van der Waals surface area contributed by atoms with Gasteiger partial charge in [0.25, 0.3) is 0 Å². The van der Waals surface area contributed by atoms with Gasteiger partial charge in [0.2, 0.25) is 0 Å². The van der Waals surface area contributed by atoms with E-state index in [9.17, 15) is 0 Å². The quantitative estimate of drug-likeness (QED) is 0.472. The fourth-order valence-corrected chi connectivity index (χ4v) is 4.27. The van der Waals surface area contributed by atoms with E-state index in [1.54, 1.807) is 0 Å². The highest BCUT2D eigenvalue weighted by Crippen LogP contribution is 2.20. The van der Waals surface area contributed by atoms with E-state index in [4.69, 9.17) is 18.6 Å². The lowest BCUT2D eigenvalue weighted by atomic mass is 10.1. The number of para-hydroxylation sites is 2. The number of aromatic nitrogens is 2. The van der Waals surface area contributed by atoms with Gasteiger partial charge < -0.3 is 9.13 Å². The Balaban J connectivity index is 1.55. The molecular weight excluding hydrogens is 364 g/mol. The minimum atomic E-state index is 0.742. The predicted octanol–water partition coefficient (Wildman–Crippen LogP) is 3.62. The predicted molar refractivity (Wildman–Crippen MR) is 118 cm³/mol. The molecule has 1 saturated heterocycles. The number of terminal acetylenes is 1. The summed E-state index contributed by atoms with van der Waals surface area (Å²) in [4.78, 5) is 4.80. The third-order valence-electron chi connectivity index (χ3n) is 5.51. The number of nitrogens with zero attached hydrogens (tertiary/aromatic N) is 4. The van der Waals surface area contributed by atoms with Crippen molar-refractivity contribution >= 4 is 23.3 Å². The Bertz CT molecular complexity index is 1020. The van der Waals surface area contributed by atoms with Gasteiger partial charge in [-0.15, -0.1) is 6.42 Å². The average molecular weight is 391 g/mol. The molecule has 0 spiro atoms. The van der Waals surface area contributed by atoms with Crippen LogP contribution in [0.2, 0.25) is 0 Å². The monoisotopic (exact) mass is 390 g/mol. The van der Waals surface area contributed by atoms with Crippen LogP contribution in [0, 0.1) is 17.1 Å². The average Bonchev–Trinajstić information content (AvgIpc) is 3.00. The number of imidazole rings is 1. The largest absolute Gasteiger partial charge is 0.316 e. The Kier molecular flexibility index (Phi) is 5.92. The summed E-state index contributed by atoms with van der Waals surface area (Å²) in [5, 5.41) is 0.